The van der Waals surface area contributed by atoms with E-state index < -0.39 is 0 Å². The molecule has 2 heterocycles. The van der Waals surface area contributed by atoms with Crippen molar-refractivity contribution < 1.29 is 9.59 Å². The first kappa shape index (κ1) is 22.7. The van der Waals surface area contributed by atoms with Gasteiger partial charge in [-0.25, -0.2) is 5.01 Å². The Morgan fingerprint density at radius 3 is 1.73 bits per heavy atom. The van der Waals surface area contributed by atoms with Crippen molar-refractivity contribution in [2.24, 2.45) is 10.2 Å². The Hall–Kier alpha value is -4.75. The summed E-state index contributed by atoms with van der Waals surface area (Å²) in [5.41, 5.74) is 3.66. The van der Waals surface area contributed by atoms with E-state index in [0.29, 0.717) is 27.6 Å². The van der Waals surface area contributed by atoms with Crippen LogP contribution in [-0.4, -0.2) is 22.4 Å². The van der Waals surface area contributed by atoms with Crippen LogP contribution >= 0.6 is 11.8 Å². The van der Waals surface area contributed by atoms with Crippen molar-refractivity contribution in [3.05, 3.63) is 143 Å². The Labute approximate surface area is 218 Å². The first-order valence-corrected chi connectivity index (χ1v) is 12.5. The maximum absolute atomic E-state index is 14.0. The second-order valence-electron chi connectivity index (χ2n) is 8.30. The number of hydrogen-bond donors (Lipinski definition) is 0. The molecule has 4 aromatic carbocycles. The number of amides is 1. The van der Waals surface area contributed by atoms with Gasteiger partial charge in [-0.15, -0.1) is 0 Å². The van der Waals surface area contributed by atoms with Crippen LogP contribution in [0.5, 0.6) is 0 Å². The van der Waals surface area contributed by atoms with Crippen LogP contribution < -0.4 is 10.0 Å². The molecule has 37 heavy (non-hydrogen) atoms. The number of carbonyl (C=O) groups excluding carboxylic acids is 2. The molecule has 2 aliphatic heterocycles. The fourth-order valence-electron chi connectivity index (χ4n) is 4.13. The van der Waals surface area contributed by atoms with Gasteiger partial charge in [0.2, 0.25) is 5.78 Å². The molecule has 6 rings (SSSR count). The molecule has 0 saturated carbocycles. The van der Waals surface area contributed by atoms with Gasteiger partial charge in [-0.2, -0.15) is 15.2 Å². The average molecular weight is 501 g/mol. The fraction of sp³-hybridized carbons (Fsp3) is 0. The maximum Gasteiger partial charge on any atom is 0.283 e. The van der Waals surface area contributed by atoms with Gasteiger partial charge in [-0.05, 0) is 36.0 Å². The molecule has 0 spiro atoms. The molecule has 0 aromatic heterocycles. The number of rotatable bonds is 5. The van der Waals surface area contributed by atoms with Gasteiger partial charge in [0.25, 0.3) is 5.91 Å². The minimum absolute atomic E-state index is 0.203. The highest BCUT2D eigenvalue weighted by molar-refractivity contribution is 8.19. The third kappa shape index (κ3) is 4.26. The van der Waals surface area contributed by atoms with Crippen LogP contribution in [0.3, 0.4) is 0 Å². The first-order valence-electron chi connectivity index (χ1n) is 11.7. The number of para-hydroxylation sites is 2. The number of anilines is 2. The van der Waals surface area contributed by atoms with E-state index in [-0.39, 0.29) is 16.7 Å². The predicted octanol–water partition coefficient (Wildman–Crippen LogP) is 6.10. The smallest absolute Gasteiger partial charge is 0.283 e. The number of hydrogen-bond acceptors (Lipinski definition) is 6. The lowest BCUT2D eigenvalue weighted by Gasteiger charge is -2.18. The van der Waals surface area contributed by atoms with Crippen molar-refractivity contribution in [2.45, 2.75) is 0 Å². The molecule has 2 aliphatic rings. The Bertz CT molecular complexity index is 1570. The van der Waals surface area contributed by atoms with Gasteiger partial charge in [0.05, 0.1) is 11.4 Å². The van der Waals surface area contributed by atoms with Crippen molar-refractivity contribution in [3.63, 3.8) is 0 Å². The highest BCUT2D eigenvalue weighted by Gasteiger charge is 2.40. The molecule has 0 fully saturated rings. The standard InChI is InChI=1S/C30H20N4O2S/c35-27(22-15-7-2-8-16-22)28-32-34(24-19-11-4-12-20-24)30(37-28)25-26(21-13-5-1-6-14-21)31-33(29(25)36)23-17-9-3-10-18-23/h1-20H/b30-25+. The fourth-order valence-corrected chi connectivity index (χ4v) is 5.17. The van der Waals surface area contributed by atoms with Crippen molar-refractivity contribution in [3.8, 4) is 0 Å². The molecule has 0 atom stereocenters. The van der Waals surface area contributed by atoms with E-state index in [0.717, 1.165) is 11.3 Å². The summed E-state index contributed by atoms with van der Waals surface area (Å²) >= 11 is 1.19. The van der Waals surface area contributed by atoms with Gasteiger partial charge in [0, 0.05) is 11.1 Å². The topological polar surface area (TPSA) is 65.3 Å². The molecule has 0 bridgehead atoms. The van der Waals surface area contributed by atoms with Crippen molar-refractivity contribution >= 4 is 45.6 Å². The Morgan fingerprint density at radius 1 is 0.622 bits per heavy atom. The molecular formula is C30H20N4O2S. The highest BCUT2D eigenvalue weighted by atomic mass is 32.2. The number of nitrogens with zero attached hydrogens (tertiary/aromatic N) is 4. The van der Waals surface area contributed by atoms with Crippen LogP contribution in [-0.2, 0) is 4.79 Å². The van der Waals surface area contributed by atoms with Gasteiger partial charge in [0.15, 0.2) is 5.04 Å². The summed E-state index contributed by atoms with van der Waals surface area (Å²) in [6.45, 7) is 0. The predicted molar refractivity (Wildman–Crippen MR) is 149 cm³/mol. The normalized spacial score (nSPS) is 17.1. The molecular weight excluding hydrogens is 480 g/mol. The molecule has 0 aliphatic carbocycles. The zero-order chi connectivity index (χ0) is 25.2. The van der Waals surface area contributed by atoms with Crippen LogP contribution in [0.2, 0.25) is 0 Å². The molecule has 178 valence electrons. The quantitative estimate of drug-likeness (QED) is 0.245. The van der Waals surface area contributed by atoms with Crippen LogP contribution in [0, 0.1) is 0 Å². The summed E-state index contributed by atoms with van der Waals surface area (Å²) in [5, 5.41) is 13.4. The maximum atomic E-state index is 14.0. The molecule has 0 radical (unpaired) electrons. The lowest BCUT2D eigenvalue weighted by Crippen LogP contribution is -2.24. The van der Waals surface area contributed by atoms with Crippen LogP contribution in [0.25, 0.3) is 0 Å². The molecule has 7 heteroatoms. The van der Waals surface area contributed by atoms with Gasteiger partial charge >= 0.3 is 0 Å². The third-order valence-electron chi connectivity index (χ3n) is 5.91. The van der Waals surface area contributed by atoms with Gasteiger partial charge in [0.1, 0.15) is 16.3 Å². The van der Waals surface area contributed by atoms with Crippen LogP contribution in [0.1, 0.15) is 15.9 Å². The van der Waals surface area contributed by atoms with Crippen LogP contribution in [0.4, 0.5) is 11.4 Å². The Balaban J connectivity index is 1.52. The molecule has 1 amide bonds. The zero-order valence-electron chi connectivity index (χ0n) is 19.6. The summed E-state index contributed by atoms with van der Waals surface area (Å²) in [5.74, 6) is -0.484. The SMILES string of the molecule is O=C(C1=NN(c2ccccc2)/C(=C2\C(=O)N(c3ccccc3)N=C2c2ccccc2)S1)c1ccccc1. The van der Waals surface area contributed by atoms with Gasteiger partial charge in [-0.3, -0.25) is 9.59 Å². The molecule has 0 unspecified atom stereocenters. The van der Waals surface area contributed by atoms with E-state index in [9.17, 15) is 9.59 Å². The van der Waals surface area contributed by atoms with E-state index in [1.54, 1.807) is 17.1 Å². The van der Waals surface area contributed by atoms with E-state index >= 15 is 0 Å². The number of Topliss-reactive ketones (excluding diaryl/α,β-unsaturated/α-hetero) is 1. The number of carbonyl (C=O) groups is 2. The number of hydrazone groups is 2. The summed E-state index contributed by atoms with van der Waals surface area (Å²) in [6, 6.07) is 37.4. The van der Waals surface area contributed by atoms with E-state index in [2.05, 4.69) is 0 Å². The van der Waals surface area contributed by atoms with Crippen molar-refractivity contribution in [1.29, 1.82) is 0 Å². The molecule has 0 saturated heterocycles. The average Bonchev–Trinajstić information content (AvgIpc) is 3.56. The van der Waals surface area contributed by atoms with E-state index in [1.807, 2.05) is 109 Å². The summed E-state index contributed by atoms with van der Waals surface area (Å²) in [6.07, 6.45) is 0. The number of thioether (sulfide) groups is 1. The lowest BCUT2D eigenvalue weighted by atomic mass is 10.0. The first-order chi connectivity index (χ1) is 18.2. The number of ketones is 1. The van der Waals surface area contributed by atoms with Gasteiger partial charge < -0.3 is 0 Å². The zero-order valence-corrected chi connectivity index (χ0v) is 20.4. The van der Waals surface area contributed by atoms with Crippen LogP contribution in [0.15, 0.2) is 142 Å². The summed E-state index contributed by atoms with van der Waals surface area (Å²) in [7, 11) is 0. The van der Waals surface area contributed by atoms with Gasteiger partial charge in [-0.1, -0.05) is 97.1 Å². The summed E-state index contributed by atoms with van der Waals surface area (Å²) < 4.78 is 0. The van der Waals surface area contributed by atoms with E-state index in [4.69, 9.17) is 10.2 Å². The second kappa shape index (κ2) is 9.72. The molecule has 6 nitrogen and oxygen atoms in total. The minimum atomic E-state index is -0.280. The Kier molecular flexibility index (Phi) is 5.96. The second-order valence-corrected chi connectivity index (χ2v) is 9.27. The number of benzene rings is 4. The molecule has 4 aromatic rings. The minimum Gasteiger partial charge on any atom is -0.286 e. The highest BCUT2D eigenvalue weighted by Crippen LogP contribution is 2.41. The lowest BCUT2D eigenvalue weighted by molar-refractivity contribution is -0.114. The largest absolute Gasteiger partial charge is 0.286 e. The van der Waals surface area contributed by atoms with Crippen molar-refractivity contribution in [2.75, 3.05) is 10.0 Å². The Morgan fingerprint density at radius 2 is 1.14 bits per heavy atom. The molecule has 0 N–H and O–H groups in total. The van der Waals surface area contributed by atoms with E-state index in [1.165, 1.54) is 16.8 Å². The third-order valence-corrected chi connectivity index (χ3v) is 6.94. The summed E-state index contributed by atoms with van der Waals surface area (Å²) in [4.78, 5) is 27.4. The van der Waals surface area contributed by atoms with Crippen molar-refractivity contribution in [1.82, 2.24) is 0 Å². The monoisotopic (exact) mass is 500 g/mol.